The van der Waals surface area contributed by atoms with Crippen molar-refractivity contribution in [3.8, 4) is 11.5 Å². The molecule has 2 heterocycles. The van der Waals surface area contributed by atoms with Gasteiger partial charge in [0, 0.05) is 21.4 Å². The summed E-state index contributed by atoms with van der Waals surface area (Å²) in [5.41, 5.74) is 1.68. The number of nitrogens with one attached hydrogen (secondary N) is 1. The maximum atomic E-state index is 12.1. The number of thiazole rings is 1. The number of amides is 1. The van der Waals surface area contributed by atoms with E-state index in [2.05, 4.69) is 41.3 Å². The first-order chi connectivity index (χ1) is 12.3. The molecule has 136 valence electrons. The van der Waals surface area contributed by atoms with Gasteiger partial charge in [0.25, 0.3) is 5.22 Å². The number of hydrogen-bond donors (Lipinski definition) is 1. The quantitative estimate of drug-likeness (QED) is 0.606. The van der Waals surface area contributed by atoms with Crippen molar-refractivity contribution in [1.29, 1.82) is 0 Å². The van der Waals surface area contributed by atoms with Crippen molar-refractivity contribution in [2.24, 2.45) is 0 Å². The fraction of sp³-hybridized carbons (Fsp3) is 0.294. The average Bonchev–Trinajstić information content (AvgIpc) is 3.22. The summed E-state index contributed by atoms with van der Waals surface area (Å²) in [6.45, 7) is 6.24. The predicted molar refractivity (Wildman–Crippen MR) is 105 cm³/mol. The van der Waals surface area contributed by atoms with Crippen LogP contribution in [-0.2, 0) is 10.2 Å². The Labute approximate surface area is 164 Å². The number of carbonyl (C=O) groups is 1. The zero-order valence-corrected chi connectivity index (χ0v) is 16.8. The molecule has 0 spiro atoms. The smallest absolute Gasteiger partial charge is 0.277 e. The Morgan fingerprint density at radius 3 is 2.65 bits per heavy atom. The molecule has 26 heavy (non-hydrogen) atoms. The zero-order chi connectivity index (χ0) is 18.7. The summed E-state index contributed by atoms with van der Waals surface area (Å²) in [4.78, 5) is 16.5. The molecule has 3 rings (SSSR count). The van der Waals surface area contributed by atoms with Gasteiger partial charge in [-0.3, -0.25) is 4.79 Å². The second-order valence-electron chi connectivity index (χ2n) is 6.50. The Balaban J connectivity index is 1.55. The topological polar surface area (TPSA) is 80.9 Å². The molecule has 0 bridgehead atoms. The third-order valence-corrected chi connectivity index (χ3v) is 5.17. The normalized spacial score (nSPS) is 11.5. The molecule has 0 fully saturated rings. The maximum Gasteiger partial charge on any atom is 0.277 e. The molecule has 0 saturated carbocycles. The first-order valence-electron chi connectivity index (χ1n) is 7.79. The summed E-state index contributed by atoms with van der Waals surface area (Å²) in [5, 5.41) is 14.2. The van der Waals surface area contributed by atoms with Crippen molar-refractivity contribution in [2.75, 3.05) is 11.1 Å². The Hall–Kier alpha value is -1.90. The van der Waals surface area contributed by atoms with Crippen LogP contribution in [-0.4, -0.2) is 26.8 Å². The number of rotatable bonds is 5. The number of halogens is 1. The van der Waals surface area contributed by atoms with Crippen LogP contribution in [0.5, 0.6) is 0 Å². The second-order valence-corrected chi connectivity index (χ2v) is 8.73. The fourth-order valence-electron chi connectivity index (χ4n) is 1.94. The fourth-order valence-corrected chi connectivity index (χ4v) is 3.58. The first kappa shape index (κ1) is 18.9. The van der Waals surface area contributed by atoms with Crippen LogP contribution in [0.1, 0.15) is 26.5 Å². The minimum absolute atomic E-state index is 0.0456. The lowest BCUT2D eigenvalue weighted by Gasteiger charge is -2.14. The van der Waals surface area contributed by atoms with Crippen LogP contribution in [0, 0.1) is 0 Å². The van der Waals surface area contributed by atoms with E-state index < -0.39 is 0 Å². The minimum Gasteiger partial charge on any atom is -0.411 e. The van der Waals surface area contributed by atoms with Crippen molar-refractivity contribution in [2.45, 2.75) is 31.4 Å². The van der Waals surface area contributed by atoms with Gasteiger partial charge in [0.1, 0.15) is 0 Å². The molecule has 0 aliphatic heterocycles. The second kappa shape index (κ2) is 7.77. The van der Waals surface area contributed by atoms with E-state index in [0.29, 0.717) is 21.3 Å². The van der Waals surface area contributed by atoms with Gasteiger partial charge in [-0.15, -0.1) is 21.5 Å². The summed E-state index contributed by atoms with van der Waals surface area (Å²) in [6, 6.07) is 7.10. The Morgan fingerprint density at radius 1 is 1.27 bits per heavy atom. The molecule has 0 radical (unpaired) electrons. The molecule has 1 N–H and O–H groups in total. The molecule has 0 atom stereocenters. The molecule has 9 heteroatoms. The standard InChI is InChI=1S/C17H17ClN4O2S2/c1-17(2,3)12-8-25-15(19-12)20-13(23)9-26-16-22-21-14(24-16)10-4-6-11(18)7-5-10/h4-8H,9H2,1-3H3,(H,19,20,23). The van der Waals surface area contributed by atoms with Gasteiger partial charge in [0.2, 0.25) is 11.8 Å². The number of thioether (sulfide) groups is 1. The van der Waals surface area contributed by atoms with Crippen molar-refractivity contribution in [1.82, 2.24) is 15.2 Å². The number of nitrogens with zero attached hydrogens (tertiary/aromatic N) is 3. The molecule has 0 aliphatic carbocycles. The van der Waals surface area contributed by atoms with Gasteiger partial charge in [-0.1, -0.05) is 44.1 Å². The van der Waals surface area contributed by atoms with E-state index in [1.54, 1.807) is 24.3 Å². The monoisotopic (exact) mass is 408 g/mol. The third kappa shape index (κ3) is 4.84. The highest BCUT2D eigenvalue weighted by Gasteiger charge is 2.18. The predicted octanol–water partition coefficient (Wildman–Crippen LogP) is 4.87. The summed E-state index contributed by atoms with van der Waals surface area (Å²) >= 11 is 8.45. The lowest BCUT2D eigenvalue weighted by Crippen LogP contribution is -2.15. The van der Waals surface area contributed by atoms with E-state index in [9.17, 15) is 4.79 Å². The maximum absolute atomic E-state index is 12.1. The summed E-state index contributed by atoms with van der Waals surface area (Å²) in [5.74, 6) is 0.377. The van der Waals surface area contributed by atoms with Crippen LogP contribution in [0.25, 0.3) is 11.5 Å². The summed E-state index contributed by atoms with van der Waals surface area (Å²) < 4.78 is 5.56. The lowest BCUT2D eigenvalue weighted by atomic mass is 9.93. The number of anilines is 1. The lowest BCUT2D eigenvalue weighted by molar-refractivity contribution is -0.113. The van der Waals surface area contributed by atoms with E-state index in [1.165, 1.54) is 23.1 Å². The van der Waals surface area contributed by atoms with E-state index >= 15 is 0 Å². The first-order valence-corrected chi connectivity index (χ1v) is 10.0. The van der Waals surface area contributed by atoms with Gasteiger partial charge in [0.15, 0.2) is 5.13 Å². The average molecular weight is 409 g/mol. The Morgan fingerprint density at radius 2 is 2.00 bits per heavy atom. The largest absolute Gasteiger partial charge is 0.411 e. The van der Waals surface area contributed by atoms with Crippen LogP contribution in [0.15, 0.2) is 39.3 Å². The SMILES string of the molecule is CC(C)(C)c1csc(NC(=O)CSc2nnc(-c3ccc(Cl)cc3)o2)n1. The third-order valence-electron chi connectivity index (χ3n) is 3.34. The summed E-state index contributed by atoms with van der Waals surface area (Å²) in [7, 11) is 0. The van der Waals surface area contributed by atoms with E-state index in [0.717, 1.165) is 11.3 Å². The van der Waals surface area contributed by atoms with Crippen molar-refractivity contribution < 1.29 is 9.21 Å². The molecule has 0 aliphatic rings. The highest BCUT2D eigenvalue weighted by molar-refractivity contribution is 7.99. The number of aromatic nitrogens is 3. The highest BCUT2D eigenvalue weighted by Crippen LogP contribution is 2.27. The number of benzene rings is 1. The van der Waals surface area contributed by atoms with Gasteiger partial charge < -0.3 is 9.73 Å². The van der Waals surface area contributed by atoms with Crippen molar-refractivity contribution in [3.63, 3.8) is 0 Å². The van der Waals surface area contributed by atoms with E-state index in [1.807, 2.05) is 5.38 Å². The molecule has 3 aromatic rings. The molecule has 6 nitrogen and oxygen atoms in total. The van der Waals surface area contributed by atoms with Gasteiger partial charge >= 0.3 is 0 Å². The Kier molecular flexibility index (Phi) is 5.64. The van der Waals surface area contributed by atoms with Crippen LogP contribution in [0.4, 0.5) is 5.13 Å². The van der Waals surface area contributed by atoms with Crippen LogP contribution >= 0.6 is 34.7 Å². The number of carbonyl (C=O) groups excluding carboxylic acids is 1. The molecule has 0 unspecified atom stereocenters. The molecular weight excluding hydrogens is 392 g/mol. The molecular formula is C17H17ClN4O2S2. The summed E-state index contributed by atoms with van der Waals surface area (Å²) in [6.07, 6.45) is 0. The number of hydrogen-bond acceptors (Lipinski definition) is 7. The molecule has 1 amide bonds. The van der Waals surface area contributed by atoms with Crippen LogP contribution in [0.2, 0.25) is 5.02 Å². The minimum atomic E-state index is -0.170. The van der Waals surface area contributed by atoms with Gasteiger partial charge in [-0.25, -0.2) is 4.98 Å². The van der Waals surface area contributed by atoms with Gasteiger partial charge in [0.05, 0.1) is 11.4 Å². The van der Waals surface area contributed by atoms with Crippen molar-refractivity contribution in [3.05, 3.63) is 40.4 Å². The molecule has 1 aromatic carbocycles. The van der Waals surface area contributed by atoms with E-state index in [-0.39, 0.29) is 17.1 Å². The Bertz CT molecular complexity index is 900. The van der Waals surface area contributed by atoms with Gasteiger partial charge in [-0.05, 0) is 24.3 Å². The van der Waals surface area contributed by atoms with Crippen LogP contribution in [0.3, 0.4) is 0 Å². The van der Waals surface area contributed by atoms with Crippen molar-refractivity contribution >= 4 is 45.7 Å². The molecule has 0 saturated heterocycles. The van der Waals surface area contributed by atoms with Gasteiger partial charge in [-0.2, -0.15) is 0 Å². The highest BCUT2D eigenvalue weighted by atomic mass is 35.5. The molecule has 2 aromatic heterocycles. The zero-order valence-electron chi connectivity index (χ0n) is 14.4. The van der Waals surface area contributed by atoms with Crippen LogP contribution < -0.4 is 5.32 Å². The van der Waals surface area contributed by atoms with E-state index in [4.69, 9.17) is 16.0 Å².